The molecule has 0 spiro atoms. The minimum atomic E-state index is -0.436. The Bertz CT molecular complexity index is 857. The third-order valence-electron chi connectivity index (χ3n) is 3.46. The minimum absolute atomic E-state index is 0.0283. The van der Waals surface area contributed by atoms with Crippen molar-refractivity contribution in [1.29, 1.82) is 0 Å². The number of hydrogen-bond acceptors (Lipinski definition) is 3. The standard InChI is InChI=1S/C18H13NO3/c20-11-16-13-8-4-5-9-14(13)17(21)10-15(16)18(22)19-12-6-2-1-3-7-12/h1-11,21H,(H,19,22). The van der Waals surface area contributed by atoms with Crippen LogP contribution in [0.5, 0.6) is 5.75 Å². The maximum atomic E-state index is 12.4. The first-order valence-electron chi connectivity index (χ1n) is 6.77. The molecule has 0 radical (unpaired) electrons. The second-order valence-corrected chi connectivity index (χ2v) is 4.84. The van der Waals surface area contributed by atoms with Crippen LogP contribution in [0.1, 0.15) is 20.7 Å². The molecule has 0 aliphatic carbocycles. The fraction of sp³-hybridized carbons (Fsp3) is 0. The lowest BCUT2D eigenvalue weighted by Gasteiger charge is -2.11. The van der Waals surface area contributed by atoms with Gasteiger partial charge in [-0.25, -0.2) is 0 Å². The van der Waals surface area contributed by atoms with Gasteiger partial charge in [-0.2, -0.15) is 0 Å². The summed E-state index contributed by atoms with van der Waals surface area (Å²) in [4.78, 5) is 23.9. The number of carbonyl (C=O) groups is 2. The fourth-order valence-corrected chi connectivity index (χ4v) is 2.41. The number of aromatic hydroxyl groups is 1. The van der Waals surface area contributed by atoms with Gasteiger partial charge in [0, 0.05) is 16.6 Å². The van der Waals surface area contributed by atoms with E-state index in [0.717, 1.165) is 0 Å². The Morgan fingerprint density at radius 3 is 2.27 bits per heavy atom. The molecule has 4 heteroatoms. The number of fused-ring (bicyclic) bond motifs is 1. The van der Waals surface area contributed by atoms with E-state index in [1.165, 1.54) is 6.07 Å². The maximum absolute atomic E-state index is 12.4. The number of hydrogen-bond donors (Lipinski definition) is 2. The second-order valence-electron chi connectivity index (χ2n) is 4.84. The average molecular weight is 291 g/mol. The number of phenolic OH excluding ortho intramolecular Hbond substituents is 1. The number of para-hydroxylation sites is 1. The third kappa shape index (κ3) is 2.42. The molecule has 0 heterocycles. The molecule has 1 amide bonds. The molecular formula is C18H13NO3. The van der Waals surface area contributed by atoms with Crippen LogP contribution >= 0.6 is 0 Å². The van der Waals surface area contributed by atoms with Gasteiger partial charge in [-0.3, -0.25) is 9.59 Å². The van der Waals surface area contributed by atoms with Gasteiger partial charge in [0.05, 0.1) is 5.56 Å². The molecule has 0 fully saturated rings. The summed E-state index contributed by atoms with van der Waals surface area (Å²) >= 11 is 0. The Hall–Kier alpha value is -3.14. The fourth-order valence-electron chi connectivity index (χ4n) is 2.41. The van der Waals surface area contributed by atoms with E-state index in [2.05, 4.69) is 5.32 Å². The summed E-state index contributed by atoms with van der Waals surface area (Å²) in [6, 6.07) is 17.2. The van der Waals surface area contributed by atoms with Crippen molar-refractivity contribution in [3.63, 3.8) is 0 Å². The van der Waals surface area contributed by atoms with E-state index >= 15 is 0 Å². The zero-order chi connectivity index (χ0) is 15.5. The molecule has 0 bridgehead atoms. The van der Waals surface area contributed by atoms with Crippen molar-refractivity contribution in [2.45, 2.75) is 0 Å². The molecular weight excluding hydrogens is 278 g/mol. The van der Waals surface area contributed by atoms with E-state index < -0.39 is 5.91 Å². The lowest BCUT2D eigenvalue weighted by Crippen LogP contribution is -2.14. The Morgan fingerprint density at radius 2 is 1.59 bits per heavy atom. The first-order chi connectivity index (χ1) is 10.7. The van der Waals surface area contributed by atoms with Crippen molar-refractivity contribution < 1.29 is 14.7 Å². The van der Waals surface area contributed by atoms with E-state index in [1.54, 1.807) is 48.5 Å². The number of phenols is 1. The molecule has 3 aromatic rings. The van der Waals surface area contributed by atoms with E-state index in [9.17, 15) is 14.7 Å². The van der Waals surface area contributed by atoms with Crippen molar-refractivity contribution in [2.24, 2.45) is 0 Å². The average Bonchev–Trinajstić information content (AvgIpc) is 2.56. The molecule has 0 aliphatic heterocycles. The molecule has 22 heavy (non-hydrogen) atoms. The molecule has 4 nitrogen and oxygen atoms in total. The van der Waals surface area contributed by atoms with Crippen molar-refractivity contribution in [1.82, 2.24) is 0 Å². The van der Waals surface area contributed by atoms with Crippen molar-refractivity contribution in [2.75, 3.05) is 5.32 Å². The molecule has 108 valence electrons. The summed E-state index contributed by atoms with van der Waals surface area (Å²) in [5.41, 5.74) is 1.04. The van der Waals surface area contributed by atoms with Crippen molar-refractivity contribution in [3.05, 3.63) is 71.8 Å². The first-order valence-corrected chi connectivity index (χ1v) is 6.77. The second kappa shape index (κ2) is 5.69. The van der Waals surface area contributed by atoms with Gasteiger partial charge in [-0.15, -0.1) is 0 Å². The van der Waals surface area contributed by atoms with Crippen LogP contribution < -0.4 is 5.32 Å². The lowest BCUT2D eigenvalue weighted by molar-refractivity contribution is 0.101. The number of aldehydes is 1. The van der Waals surface area contributed by atoms with Gasteiger partial charge in [-0.1, -0.05) is 42.5 Å². The van der Waals surface area contributed by atoms with Crippen LogP contribution in [0, 0.1) is 0 Å². The number of nitrogens with one attached hydrogen (secondary N) is 1. The summed E-state index contributed by atoms with van der Waals surface area (Å²) in [6.07, 6.45) is 0.641. The molecule has 0 unspecified atom stereocenters. The van der Waals surface area contributed by atoms with Gasteiger partial charge in [0.25, 0.3) is 5.91 Å². The maximum Gasteiger partial charge on any atom is 0.256 e. The summed E-state index contributed by atoms with van der Waals surface area (Å²) in [7, 11) is 0. The van der Waals surface area contributed by atoms with Crippen LogP contribution in [0.3, 0.4) is 0 Å². The highest BCUT2D eigenvalue weighted by Crippen LogP contribution is 2.30. The summed E-state index contributed by atoms with van der Waals surface area (Å²) in [6.45, 7) is 0. The highest BCUT2D eigenvalue weighted by molar-refractivity contribution is 6.15. The van der Waals surface area contributed by atoms with E-state index in [1.807, 2.05) is 6.07 Å². The van der Waals surface area contributed by atoms with E-state index in [0.29, 0.717) is 22.7 Å². The molecule has 3 rings (SSSR count). The van der Waals surface area contributed by atoms with Crippen LogP contribution in [-0.2, 0) is 0 Å². The van der Waals surface area contributed by atoms with Crippen LogP contribution in [0.15, 0.2) is 60.7 Å². The van der Waals surface area contributed by atoms with E-state index in [4.69, 9.17) is 0 Å². The molecule has 3 aromatic carbocycles. The monoisotopic (exact) mass is 291 g/mol. The van der Waals surface area contributed by atoms with Crippen LogP contribution in [-0.4, -0.2) is 17.3 Å². The molecule has 0 aliphatic rings. The summed E-state index contributed by atoms with van der Waals surface area (Å²) < 4.78 is 0. The van der Waals surface area contributed by atoms with Gasteiger partial charge in [0.1, 0.15) is 5.75 Å². The Morgan fingerprint density at radius 1 is 0.955 bits per heavy atom. The van der Waals surface area contributed by atoms with Crippen molar-refractivity contribution in [3.8, 4) is 5.75 Å². The van der Waals surface area contributed by atoms with Gasteiger partial charge < -0.3 is 10.4 Å². The zero-order valence-corrected chi connectivity index (χ0v) is 11.6. The highest BCUT2D eigenvalue weighted by atomic mass is 16.3. The largest absolute Gasteiger partial charge is 0.507 e. The van der Waals surface area contributed by atoms with Crippen LogP contribution in [0.4, 0.5) is 5.69 Å². The quantitative estimate of drug-likeness (QED) is 0.724. The van der Waals surface area contributed by atoms with Gasteiger partial charge in [0.15, 0.2) is 6.29 Å². The first kappa shape index (κ1) is 13.8. The smallest absolute Gasteiger partial charge is 0.256 e. The number of rotatable bonds is 3. The summed E-state index contributed by atoms with van der Waals surface area (Å²) in [5, 5.41) is 13.9. The molecule has 2 N–H and O–H groups in total. The predicted octanol–water partition coefficient (Wildman–Crippen LogP) is 3.61. The zero-order valence-electron chi connectivity index (χ0n) is 11.6. The lowest BCUT2D eigenvalue weighted by atomic mass is 9.98. The SMILES string of the molecule is O=Cc1c(C(=O)Nc2ccccc2)cc(O)c2ccccc12. The number of anilines is 1. The van der Waals surface area contributed by atoms with E-state index in [-0.39, 0.29) is 16.9 Å². The predicted molar refractivity (Wildman–Crippen MR) is 85.4 cm³/mol. The Kier molecular flexibility index (Phi) is 3.58. The number of benzene rings is 3. The molecule has 0 saturated carbocycles. The third-order valence-corrected chi connectivity index (χ3v) is 3.46. The topological polar surface area (TPSA) is 66.4 Å². The van der Waals surface area contributed by atoms with Gasteiger partial charge in [-0.05, 0) is 23.6 Å². The summed E-state index contributed by atoms with van der Waals surface area (Å²) in [5.74, 6) is -0.464. The van der Waals surface area contributed by atoms with Gasteiger partial charge in [0.2, 0.25) is 0 Å². The highest BCUT2D eigenvalue weighted by Gasteiger charge is 2.17. The minimum Gasteiger partial charge on any atom is -0.507 e. The molecule has 0 saturated heterocycles. The van der Waals surface area contributed by atoms with Gasteiger partial charge >= 0.3 is 0 Å². The molecule has 0 atom stereocenters. The van der Waals surface area contributed by atoms with Crippen molar-refractivity contribution >= 4 is 28.7 Å². The Balaban J connectivity index is 2.10. The number of amides is 1. The van der Waals surface area contributed by atoms with Crippen LogP contribution in [0.25, 0.3) is 10.8 Å². The van der Waals surface area contributed by atoms with Crippen LogP contribution in [0.2, 0.25) is 0 Å². The number of carbonyl (C=O) groups excluding carboxylic acids is 2. The Labute approximate surface area is 127 Å². The normalized spacial score (nSPS) is 10.4. The molecule has 0 aromatic heterocycles.